The molecule has 0 saturated carbocycles. The van der Waals surface area contributed by atoms with Crippen LogP contribution in [0.3, 0.4) is 0 Å². The topological polar surface area (TPSA) is 87.7 Å². The van der Waals surface area contributed by atoms with Gasteiger partial charge in [-0.1, -0.05) is 0 Å². The van der Waals surface area contributed by atoms with Gasteiger partial charge in [0.25, 0.3) is 0 Å². The fraction of sp³-hybridized carbons (Fsp3) is 0. The minimum absolute atomic E-state index is 0. The quantitative estimate of drug-likeness (QED) is 0.257. The van der Waals surface area contributed by atoms with Crippen molar-refractivity contribution in [2.24, 2.45) is 0 Å². The summed E-state index contributed by atoms with van der Waals surface area (Å²) < 4.78 is 9.67. The predicted octanol–water partition coefficient (Wildman–Crippen LogP) is -3.41. The van der Waals surface area contributed by atoms with Gasteiger partial charge in [0.05, 0.1) is 0 Å². The van der Waals surface area contributed by atoms with Crippen molar-refractivity contribution in [2.45, 2.75) is 0 Å². The molecule has 0 aliphatic rings. The van der Waals surface area contributed by atoms with E-state index in [1.165, 1.54) is 0 Å². The van der Waals surface area contributed by atoms with Crippen molar-refractivity contribution < 1.29 is 39.0 Å². The molecule has 0 fully saturated rings. The molecule has 0 aliphatic heterocycles. The Bertz CT molecular complexity index is 171. The summed E-state index contributed by atoms with van der Waals surface area (Å²) in [5.74, 6) is 1.66. The molecular formula is C2N2NaO2P. The molecule has 8 heavy (non-hydrogen) atoms. The Labute approximate surface area is 68.5 Å². The molecule has 0 aliphatic carbocycles. The van der Waals surface area contributed by atoms with Gasteiger partial charge in [-0.05, 0) is 0 Å². The normalized spacial score (nSPS) is 7.88. The Balaban J connectivity index is 0. The molecule has 0 N–H and O–H groups in total. The summed E-state index contributed by atoms with van der Waals surface area (Å²) in [5.41, 5.74) is 0. The van der Waals surface area contributed by atoms with E-state index in [0.717, 1.165) is 11.6 Å². The molecule has 0 radical (unpaired) electrons. The minimum atomic E-state index is -4.29. The summed E-state index contributed by atoms with van der Waals surface area (Å²) in [4.78, 5) is 9.67. The molecule has 0 saturated heterocycles. The van der Waals surface area contributed by atoms with Gasteiger partial charge in [0, 0.05) is 0 Å². The maximum absolute atomic E-state index is 9.67. The number of hydrogen-bond donors (Lipinski definition) is 0. The standard InChI is InChI=1S/C2HN2O2P.Na/c3-1-7(5,6)2-4;/h(H,5,6);/q;+1/p-1. The molecule has 0 aromatic carbocycles. The average Bonchev–Trinajstić information content (AvgIpc) is 1.68. The summed E-state index contributed by atoms with van der Waals surface area (Å²) in [6, 6.07) is 0. The van der Waals surface area contributed by atoms with E-state index in [1.54, 1.807) is 0 Å². The van der Waals surface area contributed by atoms with E-state index < -0.39 is 7.37 Å². The molecule has 0 bridgehead atoms. The molecule has 4 nitrogen and oxygen atoms in total. The molecule has 0 amide bonds. The molecule has 0 heterocycles. The molecule has 0 aromatic heterocycles. The second-order valence-electron chi connectivity index (χ2n) is 0.751. The third-order valence-electron chi connectivity index (χ3n) is 0.263. The SMILES string of the molecule is N#CP(=O)([O-])C#N.[Na+]. The van der Waals surface area contributed by atoms with Crippen molar-refractivity contribution in [2.75, 3.05) is 0 Å². The van der Waals surface area contributed by atoms with E-state index in [-0.39, 0.29) is 29.6 Å². The fourth-order valence-electron chi connectivity index (χ4n) is 0.0224. The van der Waals surface area contributed by atoms with E-state index in [9.17, 15) is 9.46 Å². The van der Waals surface area contributed by atoms with Crippen LogP contribution in [0.1, 0.15) is 0 Å². The minimum Gasteiger partial charge on any atom is -0.778 e. The van der Waals surface area contributed by atoms with Crippen LogP contribution < -0.4 is 34.5 Å². The van der Waals surface area contributed by atoms with E-state index in [0.29, 0.717) is 0 Å². The molecule has 0 spiro atoms. The Morgan fingerprint density at radius 3 is 1.62 bits per heavy atom. The van der Waals surface area contributed by atoms with Gasteiger partial charge in [-0.25, -0.2) is 0 Å². The van der Waals surface area contributed by atoms with Crippen molar-refractivity contribution in [3.05, 3.63) is 0 Å². The van der Waals surface area contributed by atoms with Gasteiger partial charge in [0.15, 0.2) is 0 Å². The van der Waals surface area contributed by atoms with Crippen LogP contribution in [-0.4, -0.2) is 0 Å². The van der Waals surface area contributed by atoms with E-state index in [4.69, 9.17) is 10.5 Å². The van der Waals surface area contributed by atoms with Crippen molar-refractivity contribution in [1.29, 1.82) is 10.5 Å². The Morgan fingerprint density at radius 1 is 1.38 bits per heavy atom. The molecular weight excluding hydrogens is 138 g/mol. The van der Waals surface area contributed by atoms with Crippen LogP contribution >= 0.6 is 7.37 Å². The van der Waals surface area contributed by atoms with Gasteiger partial charge in [-0.15, -0.1) is 0 Å². The van der Waals surface area contributed by atoms with Gasteiger partial charge >= 0.3 is 29.6 Å². The van der Waals surface area contributed by atoms with Crippen molar-refractivity contribution in [3.63, 3.8) is 0 Å². The van der Waals surface area contributed by atoms with Crippen LogP contribution in [0.4, 0.5) is 0 Å². The molecule has 6 heteroatoms. The van der Waals surface area contributed by atoms with E-state index in [1.807, 2.05) is 0 Å². The Hall–Kier alpha value is 0.170. The Kier molecular flexibility index (Phi) is 5.64. The third-order valence-corrected chi connectivity index (χ3v) is 0.790. The first-order chi connectivity index (χ1) is 3.12. The van der Waals surface area contributed by atoms with E-state index >= 15 is 0 Å². The first-order valence-electron chi connectivity index (χ1n) is 1.26. The zero-order chi connectivity index (χ0) is 5.91. The maximum Gasteiger partial charge on any atom is 1.00 e. The van der Waals surface area contributed by atoms with Crippen LogP contribution in [0.5, 0.6) is 0 Å². The summed E-state index contributed by atoms with van der Waals surface area (Å²) in [6.45, 7) is 0. The second kappa shape index (κ2) is 4.09. The summed E-state index contributed by atoms with van der Waals surface area (Å²) in [5, 5.41) is 15.1. The number of nitriles is 2. The average molecular weight is 138 g/mol. The second-order valence-corrected chi connectivity index (χ2v) is 2.25. The first-order valence-corrected chi connectivity index (χ1v) is 2.88. The third kappa shape index (κ3) is 4.33. The monoisotopic (exact) mass is 138 g/mol. The van der Waals surface area contributed by atoms with Crippen molar-refractivity contribution in [1.82, 2.24) is 0 Å². The van der Waals surface area contributed by atoms with E-state index in [2.05, 4.69) is 0 Å². The zero-order valence-corrected chi connectivity index (χ0v) is 7.05. The van der Waals surface area contributed by atoms with Crippen molar-refractivity contribution in [3.8, 4) is 11.6 Å². The van der Waals surface area contributed by atoms with Gasteiger partial charge < -0.3 is 9.46 Å². The van der Waals surface area contributed by atoms with Crippen molar-refractivity contribution >= 4 is 7.37 Å². The summed E-state index contributed by atoms with van der Waals surface area (Å²) >= 11 is 0. The summed E-state index contributed by atoms with van der Waals surface area (Å²) in [6.07, 6.45) is 0. The van der Waals surface area contributed by atoms with Gasteiger partial charge in [0.2, 0.25) is 7.37 Å². The molecule has 0 rings (SSSR count). The number of rotatable bonds is 0. The zero-order valence-electron chi connectivity index (χ0n) is 4.16. The molecule has 0 atom stereocenters. The van der Waals surface area contributed by atoms with Crippen LogP contribution in [0.25, 0.3) is 0 Å². The van der Waals surface area contributed by atoms with Crippen LogP contribution in [0.2, 0.25) is 0 Å². The fourth-order valence-corrected chi connectivity index (χ4v) is 0.0671. The first kappa shape index (κ1) is 11.0. The van der Waals surface area contributed by atoms with Gasteiger partial charge in [-0.3, -0.25) is 0 Å². The van der Waals surface area contributed by atoms with Crippen LogP contribution in [0, 0.1) is 22.1 Å². The van der Waals surface area contributed by atoms with Crippen LogP contribution in [-0.2, 0) is 4.57 Å². The predicted molar refractivity (Wildman–Crippen MR) is 18.8 cm³/mol. The number of nitrogens with zero attached hydrogens (tertiary/aromatic N) is 2. The smallest absolute Gasteiger partial charge is 0.778 e. The largest absolute Gasteiger partial charge is 1.00 e. The van der Waals surface area contributed by atoms with Gasteiger partial charge in [-0.2, -0.15) is 10.5 Å². The molecule has 36 valence electrons. The summed E-state index contributed by atoms with van der Waals surface area (Å²) in [7, 11) is -4.29. The number of hydrogen-bond acceptors (Lipinski definition) is 4. The molecule has 0 unspecified atom stereocenters. The maximum atomic E-state index is 9.67. The Morgan fingerprint density at radius 2 is 1.62 bits per heavy atom. The van der Waals surface area contributed by atoms with Gasteiger partial charge in [0.1, 0.15) is 11.6 Å². The van der Waals surface area contributed by atoms with Crippen LogP contribution in [0.15, 0.2) is 0 Å². The molecule has 0 aromatic rings.